The van der Waals surface area contributed by atoms with Crippen LogP contribution in [0.5, 0.6) is 0 Å². The van der Waals surface area contributed by atoms with Gasteiger partial charge in [-0.15, -0.1) is 0 Å². The van der Waals surface area contributed by atoms with Gasteiger partial charge in [0.05, 0.1) is 11.0 Å². The zero-order valence-corrected chi connectivity index (χ0v) is 12.6. The van der Waals surface area contributed by atoms with Crippen LogP contribution in [0, 0.1) is 15.5 Å². The summed E-state index contributed by atoms with van der Waals surface area (Å²) in [7, 11) is 0. The number of aliphatic hydroxyl groups excluding tert-OH is 2. The Labute approximate surface area is 125 Å². The number of hydrogen-bond acceptors (Lipinski definition) is 5. The molecule has 118 valence electrons. The van der Waals surface area contributed by atoms with Crippen molar-refractivity contribution in [3.63, 3.8) is 0 Å². The number of benzene rings is 1. The molecule has 0 heterocycles. The fourth-order valence-electron chi connectivity index (χ4n) is 2.19. The molecule has 0 radical (unpaired) electrons. The van der Waals surface area contributed by atoms with Crippen molar-refractivity contribution in [2.24, 2.45) is 5.41 Å². The van der Waals surface area contributed by atoms with Crippen molar-refractivity contribution in [1.29, 1.82) is 0 Å². The standard InChI is InChI=1S/C15H24N2O4/c1-3-15(4-2,11-18)10-16-9-14(19)12-5-7-13(8-6-12)17(20)21/h5-8,14,16,18-19H,3-4,9-11H2,1-2H3. The first-order valence-electron chi connectivity index (χ1n) is 7.22. The fraction of sp³-hybridized carbons (Fsp3) is 0.600. The Bertz CT molecular complexity index is 435. The van der Waals surface area contributed by atoms with Gasteiger partial charge in [0.15, 0.2) is 0 Å². The summed E-state index contributed by atoms with van der Waals surface area (Å²) in [5.74, 6) is 0. The van der Waals surface area contributed by atoms with E-state index in [1.807, 2.05) is 13.8 Å². The molecule has 6 heteroatoms. The highest BCUT2D eigenvalue weighted by Crippen LogP contribution is 2.24. The van der Waals surface area contributed by atoms with E-state index >= 15 is 0 Å². The van der Waals surface area contributed by atoms with Crippen LogP contribution in [-0.2, 0) is 0 Å². The molecule has 0 aromatic heterocycles. The second-order valence-corrected chi connectivity index (χ2v) is 5.36. The molecule has 0 aliphatic carbocycles. The number of aliphatic hydroxyl groups is 2. The normalized spacial score (nSPS) is 13.1. The highest BCUT2D eigenvalue weighted by atomic mass is 16.6. The number of rotatable bonds is 9. The van der Waals surface area contributed by atoms with E-state index in [9.17, 15) is 20.3 Å². The van der Waals surface area contributed by atoms with E-state index < -0.39 is 11.0 Å². The van der Waals surface area contributed by atoms with Crippen molar-refractivity contribution in [3.05, 3.63) is 39.9 Å². The molecule has 0 amide bonds. The van der Waals surface area contributed by atoms with E-state index in [4.69, 9.17) is 0 Å². The molecule has 1 atom stereocenters. The maximum absolute atomic E-state index is 10.6. The molecule has 0 bridgehead atoms. The Morgan fingerprint density at radius 2 is 1.86 bits per heavy atom. The van der Waals surface area contributed by atoms with Gasteiger partial charge in [0.25, 0.3) is 5.69 Å². The van der Waals surface area contributed by atoms with Crippen molar-refractivity contribution in [1.82, 2.24) is 5.32 Å². The maximum atomic E-state index is 10.6. The number of nitro benzene ring substituents is 1. The Morgan fingerprint density at radius 1 is 1.29 bits per heavy atom. The maximum Gasteiger partial charge on any atom is 0.269 e. The Kier molecular flexibility index (Phi) is 6.74. The highest BCUT2D eigenvalue weighted by molar-refractivity contribution is 5.33. The second kappa shape index (κ2) is 8.07. The number of nitrogens with zero attached hydrogens (tertiary/aromatic N) is 1. The Balaban J connectivity index is 2.53. The van der Waals surface area contributed by atoms with Gasteiger partial charge in [-0.05, 0) is 30.5 Å². The molecule has 1 aromatic carbocycles. The molecule has 0 saturated heterocycles. The first kappa shape index (κ1) is 17.6. The Hall–Kier alpha value is -1.50. The molecule has 0 fully saturated rings. The minimum Gasteiger partial charge on any atom is -0.396 e. The SMILES string of the molecule is CCC(CC)(CO)CNCC(O)c1ccc([N+](=O)[O-])cc1. The van der Waals surface area contributed by atoms with Crippen LogP contribution < -0.4 is 5.32 Å². The third kappa shape index (κ3) is 4.77. The van der Waals surface area contributed by atoms with Gasteiger partial charge in [0.2, 0.25) is 0 Å². The van der Waals surface area contributed by atoms with Gasteiger partial charge < -0.3 is 15.5 Å². The van der Waals surface area contributed by atoms with E-state index in [1.54, 1.807) is 12.1 Å². The van der Waals surface area contributed by atoms with Crippen molar-refractivity contribution >= 4 is 5.69 Å². The lowest BCUT2D eigenvalue weighted by atomic mass is 9.83. The quantitative estimate of drug-likeness (QED) is 0.478. The number of nitro groups is 1. The van der Waals surface area contributed by atoms with Crippen LogP contribution in [0.2, 0.25) is 0 Å². The predicted octanol–water partition coefficient (Wildman–Crippen LogP) is 2.02. The summed E-state index contributed by atoms with van der Waals surface area (Å²) >= 11 is 0. The summed E-state index contributed by atoms with van der Waals surface area (Å²) in [6, 6.07) is 5.89. The van der Waals surface area contributed by atoms with Gasteiger partial charge in [-0.1, -0.05) is 13.8 Å². The highest BCUT2D eigenvalue weighted by Gasteiger charge is 2.25. The zero-order chi connectivity index (χ0) is 15.9. The summed E-state index contributed by atoms with van der Waals surface area (Å²) in [6.07, 6.45) is 0.997. The molecule has 3 N–H and O–H groups in total. The van der Waals surface area contributed by atoms with Crippen molar-refractivity contribution < 1.29 is 15.1 Å². The van der Waals surface area contributed by atoms with Crippen LogP contribution in [0.25, 0.3) is 0 Å². The van der Waals surface area contributed by atoms with E-state index in [0.29, 0.717) is 18.7 Å². The summed E-state index contributed by atoms with van der Waals surface area (Å²) in [5, 5.41) is 33.3. The third-order valence-electron chi connectivity index (χ3n) is 4.16. The van der Waals surface area contributed by atoms with Crippen molar-refractivity contribution in [2.45, 2.75) is 32.8 Å². The lowest BCUT2D eigenvalue weighted by molar-refractivity contribution is -0.384. The number of non-ortho nitro benzene ring substituents is 1. The minimum absolute atomic E-state index is 0.00942. The van der Waals surface area contributed by atoms with Crippen LogP contribution in [0.15, 0.2) is 24.3 Å². The van der Waals surface area contributed by atoms with Crippen LogP contribution in [0.3, 0.4) is 0 Å². The monoisotopic (exact) mass is 296 g/mol. The van der Waals surface area contributed by atoms with Gasteiger partial charge in [-0.3, -0.25) is 10.1 Å². The summed E-state index contributed by atoms with van der Waals surface area (Å²) in [6.45, 7) is 5.16. The molecule has 1 rings (SSSR count). The van der Waals surface area contributed by atoms with Crippen LogP contribution >= 0.6 is 0 Å². The Morgan fingerprint density at radius 3 is 2.29 bits per heavy atom. The third-order valence-corrected chi connectivity index (χ3v) is 4.16. The molecule has 0 spiro atoms. The van der Waals surface area contributed by atoms with Crippen molar-refractivity contribution in [3.8, 4) is 0 Å². The van der Waals surface area contributed by atoms with Gasteiger partial charge >= 0.3 is 0 Å². The molecule has 0 saturated carbocycles. The van der Waals surface area contributed by atoms with Crippen LogP contribution in [-0.4, -0.2) is 34.8 Å². The smallest absolute Gasteiger partial charge is 0.269 e. The largest absolute Gasteiger partial charge is 0.396 e. The predicted molar refractivity (Wildman–Crippen MR) is 81.0 cm³/mol. The molecule has 1 aromatic rings. The van der Waals surface area contributed by atoms with E-state index in [0.717, 1.165) is 12.8 Å². The van der Waals surface area contributed by atoms with Gasteiger partial charge in [-0.25, -0.2) is 0 Å². The summed E-state index contributed by atoms with van der Waals surface area (Å²) < 4.78 is 0. The molecular weight excluding hydrogens is 272 g/mol. The number of hydrogen-bond donors (Lipinski definition) is 3. The average molecular weight is 296 g/mol. The van der Waals surface area contributed by atoms with E-state index in [-0.39, 0.29) is 17.7 Å². The average Bonchev–Trinajstić information content (AvgIpc) is 2.52. The molecule has 0 aliphatic heterocycles. The lowest BCUT2D eigenvalue weighted by Gasteiger charge is -2.30. The van der Waals surface area contributed by atoms with Crippen molar-refractivity contribution in [2.75, 3.05) is 19.7 Å². The fourth-order valence-corrected chi connectivity index (χ4v) is 2.19. The van der Waals surface area contributed by atoms with Gasteiger partial charge in [0, 0.05) is 37.2 Å². The van der Waals surface area contributed by atoms with Crippen LogP contribution in [0.4, 0.5) is 5.69 Å². The first-order chi connectivity index (χ1) is 9.98. The molecule has 21 heavy (non-hydrogen) atoms. The summed E-state index contributed by atoms with van der Waals surface area (Å²) in [4.78, 5) is 10.1. The van der Waals surface area contributed by atoms with Gasteiger partial charge in [0.1, 0.15) is 0 Å². The first-order valence-corrected chi connectivity index (χ1v) is 7.22. The van der Waals surface area contributed by atoms with E-state index in [2.05, 4.69) is 5.32 Å². The minimum atomic E-state index is -0.726. The second-order valence-electron chi connectivity index (χ2n) is 5.36. The number of nitrogens with one attached hydrogen (secondary N) is 1. The summed E-state index contributed by atoms with van der Waals surface area (Å²) in [5.41, 5.74) is 0.487. The lowest BCUT2D eigenvalue weighted by Crippen LogP contribution is -2.38. The molecule has 6 nitrogen and oxygen atoms in total. The topological polar surface area (TPSA) is 95.6 Å². The zero-order valence-electron chi connectivity index (χ0n) is 12.6. The molecular formula is C15H24N2O4. The molecule has 0 aliphatic rings. The van der Waals surface area contributed by atoms with E-state index in [1.165, 1.54) is 12.1 Å². The molecule has 1 unspecified atom stereocenters. The van der Waals surface area contributed by atoms with Gasteiger partial charge in [-0.2, -0.15) is 0 Å². The van der Waals surface area contributed by atoms with Crippen LogP contribution in [0.1, 0.15) is 38.4 Å².